The number of para-hydroxylation sites is 1. The first-order valence-electron chi connectivity index (χ1n) is 7.62. The van der Waals surface area contributed by atoms with Crippen LogP contribution in [-0.2, 0) is 4.74 Å². The maximum absolute atomic E-state index is 12.0. The van der Waals surface area contributed by atoms with Crippen LogP contribution in [0.4, 0.5) is 10.5 Å². The van der Waals surface area contributed by atoms with Crippen LogP contribution >= 0.6 is 11.6 Å². The Bertz CT molecular complexity index is 764. The SMILES string of the molecule is COC(=O)c1ccccc1NC(=O)NCCOc1cc(C)ccc1Cl. The summed E-state index contributed by atoms with van der Waals surface area (Å²) in [5, 5.41) is 5.78. The number of ether oxygens (including phenoxy) is 2. The van der Waals surface area contributed by atoms with Crippen LogP contribution in [0.15, 0.2) is 42.5 Å². The molecule has 0 aliphatic carbocycles. The number of methoxy groups -OCH3 is 1. The molecule has 6 nitrogen and oxygen atoms in total. The summed E-state index contributed by atoms with van der Waals surface area (Å²) in [5.74, 6) is 0.0493. The summed E-state index contributed by atoms with van der Waals surface area (Å²) in [6.45, 7) is 2.47. The van der Waals surface area contributed by atoms with Crippen LogP contribution < -0.4 is 15.4 Å². The second kappa shape index (κ2) is 8.94. The van der Waals surface area contributed by atoms with Crippen molar-refractivity contribution in [3.05, 3.63) is 58.6 Å². The molecule has 0 heterocycles. The molecule has 132 valence electrons. The van der Waals surface area contributed by atoms with E-state index in [9.17, 15) is 9.59 Å². The first-order valence-corrected chi connectivity index (χ1v) is 8.00. The molecule has 7 heteroatoms. The van der Waals surface area contributed by atoms with Crippen molar-refractivity contribution in [3.8, 4) is 5.75 Å². The summed E-state index contributed by atoms with van der Waals surface area (Å²) in [6, 6.07) is 11.6. The summed E-state index contributed by atoms with van der Waals surface area (Å²) < 4.78 is 10.2. The number of anilines is 1. The summed E-state index contributed by atoms with van der Waals surface area (Å²) in [5.41, 5.74) is 1.68. The minimum Gasteiger partial charge on any atom is -0.490 e. The predicted octanol–water partition coefficient (Wildman–Crippen LogP) is 3.64. The molecule has 0 saturated carbocycles. The standard InChI is InChI=1S/C18H19ClN2O4/c1-12-7-8-14(19)16(11-12)25-10-9-20-18(23)21-15-6-4-3-5-13(15)17(22)24-2/h3-8,11H,9-10H2,1-2H3,(H2,20,21,23). The van der Waals surface area contributed by atoms with Gasteiger partial charge in [-0.3, -0.25) is 0 Å². The number of amides is 2. The average molecular weight is 363 g/mol. The van der Waals surface area contributed by atoms with Gasteiger partial charge >= 0.3 is 12.0 Å². The minimum atomic E-state index is -0.520. The number of benzene rings is 2. The highest BCUT2D eigenvalue weighted by Gasteiger charge is 2.12. The Morgan fingerprint density at radius 3 is 2.68 bits per heavy atom. The highest BCUT2D eigenvalue weighted by atomic mass is 35.5. The van der Waals surface area contributed by atoms with E-state index >= 15 is 0 Å². The number of urea groups is 1. The molecule has 0 saturated heterocycles. The molecule has 0 spiro atoms. The van der Waals surface area contributed by atoms with Crippen LogP contribution in [0.1, 0.15) is 15.9 Å². The van der Waals surface area contributed by atoms with Gasteiger partial charge in [0.05, 0.1) is 29.9 Å². The molecule has 0 bridgehead atoms. The number of carbonyl (C=O) groups is 2. The maximum Gasteiger partial charge on any atom is 0.339 e. The van der Waals surface area contributed by atoms with E-state index in [2.05, 4.69) is 15.4 Å². The molecule has 0 aliphatic rings. The van der Waals surface area contributed by atoms with Gasteiger partial charge in [0.25, 0.3) is 0 Å². The topological polar surface area (TPSA) is 76.7 Å². The first-order chi connectivity index (χ1) is 12.0. The number of esters is 1. The molecule has 0 atom stereocenters. The van der Waals surface area contributed by atoms with Crippen molar-refractivity contribution in [1.29, 1.82) is 0 Å². The maximum atomic E-state index is 12.0. The summed E-state index contributed by atoms with van der Waals surface area (Å²) in [6.07, 6.45) is 0. The van der Waals surface area contributed by atoms with Crippen LogP contribution in [0.25, 0.3) is 0 Å². The molecule has 0 unspecified atom stereocenters. The molecule has 25 heavy (non-hydrogen) atoms. The molecule has 2 N–H and O–H groups in total. The van der Waals surface area contributed by atoms with Gasteiger partial charge < -0.3 is 20.1 Å². The molecular weight excluding hydrogens is 344 g/mol. The van der Waals surface area contributed by atoms with Gasteiger partial charge in [0.15, 0.2) is 0 Å². The van der Waals surface area contributed by atoms with Gasteiger partial charge in [-0.15, -0.1) is 0 Å². The molecule has 0 aliphatic heterocycles. The fraction of sp³-hybridized carbons (Fsp3) is 0.222. The highest BCUT2D eigenvalue weighted by Crippen LogP contribution is 2.24. The Labute approximate surface area is 151 Å². The second-order valence-corrected chi connectivity index (χ2v) is 5.61. The van der Waals surface area contributed by atoms with Crippen molar-refractivity contribution in [2.75, 3.05) is 25.6 Å². The number of nitrogens with one attached hydrogen (secondary N) is 2. The molecule has 0 radical (unpaired) electrons. The highest BCUT2D eigenvalue weighted by molar-refractivity contribution is 6.32. The Hall–Kier alpha value is -2.73. The zero-order valence-electron chi connectivity index (χ0n) is 14.0. The number of hydrogen-bond acceptors (Lipinski definition) is 4. The Morgan fingerprint density at radius 1 is 1.16 bits per heavy atom. The monoisotopic (exact) mass is 362 g/mol. The van der Waals surface area contributed by atoms with Gasteiger partial charge in [0.1, 0.15) is 12.4 Å². The number of rotatable bonds is 6. The normalized spacial score (nSPS) is 10.0. The lowest BCUT2D eigenvalue weighted by molar-refractivity contribution is 0.0602. The van der Waals surface area contributed by atoms with Crippen LogP contribution in [-0.4, -0.2) is 32.3 Å². The van der Waals surface area contributed by atoms with Crippen molar-refractivity contribution in [2.45, 2.75) is 6.92 Å². The van der Waals surface area contributed by atoms with E-state index in [1.807, 2.05) is 19.1 Å². The lowest BCUT2D eigenvalue weighted by Crippen LogP contribution is -2.32. The van der Waals surface area contributed by atoms with Crippen molar-refractivity contribution < 1.29 is 19.1 Å². The molecule has 0 aromatic heterocycles. The van der Waals surface area contributed by atoms with E-state index in [0.717, 1.165) is 5.56 Å². The van der Waals surface area contributed by atoms with Gasteiger partial charge in [-0.25, -0.2) is 9.59 Å². The third kappa shape index (κ3) is 5.39. The van der Waals surface area contributed by atoms with Crippen LogP contribution in [0, 0.1) is 6.92 Å². The van der Waals surface area contributed by atoms with Crippen LogP contribution in [0.3, 0.4) is 0 Å². The average Bonchev–Trinajstić information content (AvgIpc) is 2.61. The zero-order chi connectivity index (χ0) is 18.2. The van der Waals surface area contributed by atoms with E-state index in [0.29, 0.717) is 16.5 Å². The van der Waals surface area contributed by atoms with Gasteiger partial charge in [0, 0.05) is 0 Å². The van der Waals surface area contributed by atoms with Gasteiger partial charge in [-0.05, 0) is 36.8 Å². The molecule has 2 amide bonds. The number of halogens is 1. The van der Waals surface area contributed by atoms with Gasteiger partial charge in [-0.2, -0.15) is 0 Å². The fourth-order valence-corrected chi connectivity index (χ4v) is 2.27. The number of aryl methyl sites for hydroxylation is 1. The fourth-order valence-electron chi connectivity index (χ4n) is 2.09. The van der Waals surface area contributed by atoms with Gasteiger partial charge in [-0.1, -0.05) is 29.8 Å². The lowest BCUT2D eigenvalue weighted by Gasteiger charge is -2.12. The van der Waals surface area contributed by atoms with Crippen molar-refractivity contribution in [2.24, 2.45) is 0 Å². The molecule has 2 aromatic carbocycles. The predicted molar refractivity (Wildman–Crippen MR) is 96.5 cm³/mol. The quantitative estimate of drug-likeness (QED) is 0.607. The van der Waals surface area contributed by atoms with Crippen molar-refractivity contribution in [1.82, 2.24) is 5.32 Å². The van der Waals surface area contributed by atoms with Crippen LogP contribution in [0.5, 0.6) is 5.75 Å². The molecule has 2 rings (SSSR count). The largest absolute Gasteiger partial charge is 0.490 e. The smallest absolute Gasteiger partial charge is 0.339 e. The van der Waals surface area contributed by atoms with Crippen molar-refractivity contribution in [3.63, 3.8) is 0 Å². The Morgan fingerprint density at radius 2 is 1.92 bits per heavy atom. The van der Waals surface area contributed by atoms with E-state index in [1.165, 1.54) is 7.11 Å². The van der Waals surface area contributed by atoms with E-state index < -0.39 is 12.0 Å². The molecule has 0 fully saturated rings. The Balaban J connectivity index is 1.83. The molecule has 2 aromatic rings. The first kappa shape index (κ1) is 18.6. The summed E-state index contributed by atoms with van der Waals surface area (Å²) in [4.78, 5) is 23.6. The third-order valence-corrected chi connectivity index (χ3v) is 3.62. The number of carbonyl (C=O) groups excluding carboxylic acids is 2. The second-order valence-electron chi connectivity index (χ2n) is 5.20. The Kier molecular flexibility index (Phi) is 6.65. The third-order valence-electron chi connectivity index (χ3n) is 3.31. The van der Waals surface area contributed by atoms with Crippen LogP contribution in [0.2, 0.25) is 5.02 Å². The van der Waals surface area contributed by atoms with E-state index in [4.69, 9.17) is 16.3 Å². The zero-order valence-corrected chi connectivity index (χ0v) is 14.7. The van der Waals surface area contributed by atoms with E-state index in [-0.39, 0.29) is 18.7 Å². The number of hydrogen-bond donors (Lipinski definition) is 2. The van der Waals surface area contributed by atoms with Gasteiger partial charge in [0.2, 0.25) is 0 Å². The van der Waals surface area contributed by atoms with E-state index in [1.54, 1.807) is 30.3 Å². The molecular formula is C18H19ClN2O4. The van der Waals surface area contributed by atoms with Crippen molar-refractivity contribution >= 4 is 29.3 Å². The lowest BCUT2D eigenvalue weighted by atomic mass is 10.2. The minimum absolute atomic E-state index is 0.259. The summed E-state index contributed by atoms with van der Waals surface area (Å²) >= 11 is 6.04. The summed E-state index contributed by atoms with van der Waals surface area (Å²) in [7, 11) is 1.28.